The topological polar surface area (TPSA) is 58.1 Å². The fourth-order valence-electron chi connectivity index (χ4n) is 3.58. The number of amides is 1. The van der Waals surface area contributed by atoms with Crippen molar-refractivity contribution >= 4 is 27.8 Å². The van der Waals surface area contributed by atoms with E-state index in [1.807, 2.05) is 24.3 Å². The Morgan fingerprint density at radius 3 is 2.47 bits per heavy atom. The normalized spacial score (nSPS) is 16.3. The summed E-state index contributed by atoms with van der Waals surface area (Å²) in [6.45, 7) is 1.94. The van der Waals surface area contributed by atoms with E-state index in [0.29, 0.717) is 19.0 Å². The molecule has 1 aliphatic heterocycles. The zero-order chi connectivity index (χ0) is 20.9. The lowest BCUT2D eigenvalue weighted by Gasteiger charge is -2.32. The van der Waals surface area contributed by atoms with Crippen molar-refractivity contribution in [3.05, 3.63) is 76.8 Å². The number of nitrogens with zero attached hydrogens (tertiary/aromatic N) is 3. The van der Waals surface area contributed by atoms with Gasteiger partial charge in [0.2, 0.25) is 11.9 Å². The maximum Gasteiger partial charge on any atom is 0.225 e. The summed E-state index contributed by atoms with van der Waals surface area (Å²) in [5.41, 5.74) is 2.77. The van der Waals surface area contributed by atoms with Crippen molar-refractivity contribution in [2.75, 3.05) is 18.0 Å². The Morgan fingerprint density at radius 1 is 1.07 bits per heavy atom. The third-order valence-corrected chi connectivity index (χ3v) is 5.80. The Labute approximate surface area is 183 Å². The van der Waals surface area contributed by atoms with E-state index < -0.39 is 0 Å². The van der Waals surface area contributed by atoms with Crippen LogP contribution in [0.3, 0.4) is 0 Å². The Hall–Kier alpha value is -2.80. The van der Waals surface area contributed by atoms with E-state index in [2.05, 4.69) is 36.1 Å². The van der Waals surface area contributed by atoms with Crippen LogP contribution in [0.5, 0.6) is 0 Å². The molecule has 1 N–H and O–H groups in total. The highest BCUT2D eigenvalue weighted by atomic mass is 79.9. The van der Waals surface area contributed by atoms with Gasteiger partial charge >= 0.3 is 0 Å². The number of nitrogens with one attached hydrogen (secondary N) is 1. The van der Waals surface area contributed by atoms with E-state index in [0.717, 1.165) is 40.5 Å². The Morgan fingerprint density at radius 2 is 1.77 bits per heavy atom. The van der Waals surface area contributed by atoms with Gasteiger partial charge in [-0.05, 0) is 48.2 Å². The number of aromatic nitrogens is 2. The Kier molecular flexibility index (Phi) is 6.38. The van der Waals surface area contributed by atoms with Gasteiger partial charge in [-0.3, -0.25) is 4.79 Å². The molecule has 30 heavy (non-hydrogen) atoms. The first kappa shape index (κ1) is 20.5. The number of carbonyl (C=O) groups is 1. The minimum Gasteiger partial charge on any atom is -0.352 e. The molecule has 7 heteroatoms. The number of hydrogen-bond donors (Lipinski definition) is 1. The first-order valence-corrected chi connectivity index (χ1v) is 10.7. The van der Waals surface area contributed by atoms with Gasteiger partial charge < -0.3 is 10.2 Å². The Bertz CT molecular complexity index is 993. The van der Waals surface area contributed by atoms with Gasteiger partial charge in [0.1, 0.15) is 5.82 Å². The molecule has 2 aromatic carbocycles. The average molecular weight is 469 g/mol. The molecule has 1 amide bonds. The second-order valence-corrected chi connectivity index (χ2v) is 8.32. The van der Waals surface area contributed by atoms with Gasteiger partial charge in [-0.15, -0.1) is 0 Å². The van der Waals surface area contributed by atoms with Crippen LogP contribution in [0.1, 0.15) is 18.4 Å². The minimum atomic E-state index is -0.269. The van der Waals surface area contributed by atoms with Gasteiger partial charge in [0.25, 0.3) is 0 Å². The van der Waals surface area contributed by atoms with Crippen molar-refractivity contribution in [1.82, 2.24) is 15.3 Å². The van der Waals surface area contributed by atoms with E-state index in [4.69, 9.17) is 0 Å². The number of hydrogen-bond acceptors (Lipinski definition) is 4. The van der Waals surface area contributed by atoms with Crippen LogP contribution in [-0.4, -0.2) is 29.0 Å². The zero-order valence-corrected chi connectivity index (χ0v) is 18.0. The molecule has 5 nitrogen and oxygen atoms in total. The fraction of sp³-hybridized carbons (Fsp3) is 0.261. The number of anilines is 1. The number of halogens is 2. The highest BCUT2D eigenvalue weighted by Gasteiger charge is 2.27. The van der Waals surface area contributed by atoms with Crippen molar-refractivity contribution in [2.24, 2.45) is 5.92 Å². The molecule has 0 bridgehead atoms. The molecule has 1 unspecified atom stereocenters. The highest BCUT2D eigenvalue weighted by molar-refractivity contribution is 9.10. The molecule has 0 spiro atoms. The van der Waals surface area contributed by atoms with Crippen LogP contribution >= 0.6 is 15.9 Å². The van der Waals surface area contributed by atoms with E-state index in [1.165, 1.54) is 12.1 Å². The molecular formula is C23H22BrFN4O. The molecule has 154 valence electrons. The zero-order valence-electron chi connectivity index (χ0n) is 16.4. The molecule has 1 fully saturated rings. The molecule has 0 radical (unpaired) electrons. The molecule has 1 aromatic heterocycles. The fourth-order valence-corrected chi connectivity index (χ4v) is 3.85. The van der Waals surface area contributed by atoms with E-state index >= 15 is 0 Å². The number of carbonyl (C=O) groups excluding carboxylic acids is 1. The summed E-state index contributed by atoms with van der Waals surface area (Å²) in [5.74, 6) is 0.320. The van der Waals surface area contributed by atoms with Gasteiger partial charge in [-0.25, -0.2) is 14.4 Å². The van der Waals surface area contributed by atoms with Crippen molar-refractivity contribution < 1.29 is 9.18 Å². The van der Waals surface area contributed by atoms with Crippen molar-refractivity contribution in [1.29, 1.82) is 0 Å². The number of benzene rings is 2. The minimum absolute atomic E-state index is 0.0607. The first-order chi connectivity index (χ1) is 14.6. The molecule has 3 aromatic rings. The third kappa shape index (κ3) is 5.02. The van der Waals surface area contributed by atoms with Crippen LogP contribution in [0, 0.1) is 11.7 Å². The van der Waals surface area contributed by atoms with Gasteiger partial charge in [-0.1, -0.05) is 40.2 Å². The van der Waals surface area contributed by atoms with Gasteiger partial charge in [-0.2, -0.15) is 0 Å². The van der Waals surface area contributed by atoms with E-state index in [-0.39, 0.29) is 17.6 Å². The van der Waals surface area contributed by atoms with Crippen molar-refractivity contribution in [2.45, 2.75) is 19.4 Å². The Balaban J connectivity index is 1.36. The predicted molar refractivity (Wildman–Crippen MR) is 118 cm³/mol. The first-order valence-electron chi connectivity index (χ1n) is 9.93. The van der Waals surface area contributed by atoms with Crippen LogP contribution in [-0.2, 0) is 11.3 Å². The second kappa shape index (κ2) is 9.34. The lowest BCUT2D eigenvalue weighted by atomic mass is 9.97. The summed E-state index contributed by atoms with van der Waals surface area (Å²) in [5, 5.41) is 3.04. The summed E-state index contributed by atoms with van der Waals surface area (Å²) in [6, 6.07) is 14.2. The highest BCUT2D eigenvalue weighted by Crippen LogP contribution is 2.23. The second-order valence-electron chi connectivity index (χ2n) is 7.41. The summed E-state index contributed by atoms with van der Waals surface area (Å²) in [4.78, 5) is 23.7. The molecular weight excluding hydrogens is 447 g/mol. The molecule has 2 heterocycles. The van der Waals surface area contributed by atoms with Crippen LogP contribution in [0.15, 0.2) is 65.4 Å². The predicted octanol–water partition coefficient (Wildman–Crippen LogP) is 4.58. The van der Waals surface area contributed by atoms with Crippen LogP contribution in [0.25, 0.3) is 11.1 Å². The van der Waals surface area contributed by atoms with Gasteiger partial charge in [0, 0.05) is 42.1 Å². The molecule has 1 atom stereocenters. The number of piperidine rings is 1. The van der Waals surface area contributed by atoms with Crippen molar-refractivity contribution in [3.8, 4) is 11.1 Å². The van der Waals surface area contributed by atoms with Gasteiger partial charge in [0.15, 0.2) is 0 Å². The van der Waals surface area contributed by atoms with Crippen LogP contribution in [0.2, 0.25) is 0 Å². The summed E-state index contributed by atoms with van der Waals surface area (Å²) in [6.07, 6.45) is 5.26. The summed E-state index contributed by atoms with van der Waals surface area (Å²) >= 11 is 3.42. The standard InChI is InChI=1S/C23H22BrFN4O/c24-20-7-3-16(4-8-20)12-26-22(30)18-2-1-11-29(15-18)23-27-13-19(14-28-23)17-5-9-21(25)10-6-17/h3-10,13-14,18H,1-2,11-12,15H2,(H,26,30). The molecule has 0 aliphatic carbocycles. The maximum atomic E-state index is 13.1. The molecule has 1 saturated heterocycles. The average Bonchev–Trinajstić information content (AvgIpc) is 2.79. The smallest absolute Gasteiger partial charge is 0.225 e. The lowest BCUT2D eigenvalue weighted by molar-refractivity contribution is -0.125. The summed E-state index contributed by atoms with van der Waals surface area (Å²) in [7, 11) is 0. The monoisotopic (exact) mass is 468 g/mol. The molecule has 0 saturated carbocycles. The largest absolute Gasteiger partial charge is 0.352 e. The maximum absolute atomic E-state index is 13.1. The number of rotatable bonds is 5. The quantitative estimate of drug-likeness (QED) is 0.595. The van der Waals surface area contributed by atoms with E-state index in [1.54, 1.807) is 24.5 Å². The molecule has 1 aliphatic rings. The lowest BCUT2D eigenvalue weighted by Crippen LogP contribution is -2.43. The molecule has 4 rings (SSSR count). The van der Waals surface area contributed by atoms with Gasteiger partial charge in [0.05, 0.1) is 5.92 Å². The summed E-state index contributed by atoms with van der Waals surface area (Å²) < 4.78 is 14.1. The van der Waals surface area contributed by atoms with Crippen LogP contribution < -0.4 is 10.2 Å². The van der Waals surface area contributed by atoms with Crippen LogP contribution in [0.4, 0.5) is 10.3 Å². The van der Waals surface area contributed by atoms with E-state index in [9.17, 15) is 9.18 Å². The third-order valence-electron chi connectivity index (χ3n) is 5.27. The van der Waals surface area contributed by atoms with Crippen molar-refractivity contribution in [3.63, 3.8) is 0 Å². The SMILES string of the molecule is O=C(NCc1ccc(Br)cc1)C1CCCN(c2ncc(-c3ccc(F)cc3)cn2)C1.